The number of nitrogens with one attached hydrogen (secondary N) is 2. The second kappa shape index (κ2) is 10.4. The van der Waals surface area contributed by atoms with Gasteiger partial charge >= 0.3 is 0 Å². The number of hydrogen-bond acceptors (Lipinski definition) is 10. The third kappa shape index (κ3) is 5.48. The van der Waals surface area contributed by atoms with Crippen molar-refractivity contribution in [2.45, 2.75) is 38.5 Å². The van der Waals surface area contributed by atoms with Crippen LogP contribution in [0.3, 0.4) is 0 Å². The summed E-state index contributed by atoms with van der Waals surface area (Å²) < 4.78 is 11.4. The van der Waals surface area contributed by atoms with Crippen LogP contribution in [0, 0.1) is 5.92 Å². The Balaban J connectivity index is 0.000000145. The van der Waals surface area contributed by atoms with E-state index in [1.807, 2.05) is 0 Å². The van der Waals surface area contributed by atoms with Crippen LogP contribution >= 0.6 is 0 Å². The van der Waals surface area contributed by atoms with Crippen molar-refractivity contribution in [3.63, 3.8) is 0 Å². The highest BCUT2D eigenvalue weighted by molar-refractivity contribution is 5.77. The SMILES string of the molecule is Nc1nc(OCC2=CCCC2)c2[nH]cnc2n1.Nc1nc(OCC2CC=CCC2)c2[nH]cnc2n1. The number of nitrogens with zero attached hydrogens (tertiary/aromatic N) is 6. The second-order valence-electron chi connectivity index (χ2n) is 8.48. The summed E-state index contributed by atoms with van der Waals surface area (Å²) in [5.74, 6) is 1.87. The van der Waals surface area contributed by atoms with Crippen molar-refractivity contribution >= 4 is 34.2 Å². The predicted octanol–water partition coefficient (Wildman–Crippen LogP) is 3.09. The van der Waals surface area contributed by atoms with Gasteiger partial charge in [-0.05, 0) is 50.0 Å². The normalized spacial score (nSPS) is 17.3. The summed E-state index contributed by atoms with van der Waals surface area (Å²) in [6.07, 6.45) is 16.6. The second-order valence-corrected chi connectivity index (χ2v) is 8.48. The largest absolute Gasteiger partial charge is 0.476 e. The van der Waals surface area contributed by atoms with E-state index < -0.39 is 0 Å². The first-order valence-electron chi connectivity index (χ1n) is 11.7. The number of allylic oxidation sites excluding steroid dienone is 3. The van der Waals surface area contributed by atoms with Gasteiger partial charge in [-0.15, -0.1) is 0 Å². The van der Waals surface area contributed by atoms with E-state index in [4.69, 9.17) is 20.9 Å². The Bertz CT molecular complexity index is 1360. The zero-order valence-corrected chi connectivity index (χ0v) is 19.3. The van der Waals surface area contributed by atoms with Gasteiger partial charge in [0.05, 0.1) is 19.3 Å². The van der Waals surface area contributed by atoms with E-state index in [1.54, 1.807) is 12.7 Å². The first-order valence-corrected chi connectivity index (χ1v) is 11.7. The average molecular weight is 477 g/mol. The van der Waals surface area contributed by atoms with Gasteiger partial charge in [0, 0.05) is 0 Å². The highest BCUT2D eigenvalue weighted by atomic mass is 16.5. The molecule has 1 atom stereocenters. The van der Waals surface area contributed by atoms with Crippen LogP contribution in [0.5, 0.6) is 11.8 Å². The van der Waals surface area contributed by atoms with Crippen molar-refractivity contribution in [2.24, 2.45) is 5.92 Å². The topological polar surface area (TPSA) is 179 Å². The van der Waals surface area contributed by atoms with Crippen molar-refractivity contribution in [3.8, 4) is 11.8 Å². The molecular formula is C23H28N10O2. The molecule has 0 aliphatic heterocycles. The molecule has 0 radical (unpaired) electrons. The van der Waals surface area contributed by atoms with Crippen LogP contribution < -0.4 is 20.9 Å². The highest BCUT2D eigenvalue weighted by Gasteiger charge is 2.15. The molecule has 4 aromatic rings. The number of ether oxygens (including phenoxy) is 2. The van der Waals surface area contributed by atoms with Crippen LogP contribution in [-0.4, -0.2) is 53.1 Å². The molecule has 4 heterocycles. The van der Waals surface area contributed by atoms with Crippen LogP contribution in [0.1, 0.15) is 38.5 Å². The van der Waals surface area contributed by atoms with Crippen molar-refractivity contribution in [3.05, 3.63) is 36.5 Å². The summed E-state index contributed by atoms with van der Waals surface area (Å²) in [6, 6.07) is 0. The maximum absolute atomic E-state index is 5.76. The van der Waals surface area contributed by atoms with Crippen molar-refractivity contribution in [2.75, 3.05) is 24.7 Å². The summed E-state index contributed by atoms with van der Waals surface area (Å²) in [6.45, 7) is 1.21. The van der Waals surface area contributed by atoms with Crippen LogP contribution in [0.15, 0.2) is 36.5 Å². The molecule has 182 valence electrons. The van der Waals surface area contributed by atoms with Crippen LogP contribution in [0.25, 0.3) is 22.3 Å². The lowest BCUT2D eigenvalue weighted by molar-refractivity contribution is 0.233. The Morgan fingerprint density at radius 1 is 0.857 bits per heavy atom. The summed E-state index contributed by atoms with van der Waals surface area (Å²) in [7, 11) is 0. The number of aromatic amines is 2. The molecule has 4 aromatic heterocycles. The quantitative estimate of drug-likeness (QED) is 0.302. The molecule has 2 aliphatic rings. The molecule has 1 unspecified atom stereocenters. The third-order valence-corrected chi connectivity index (χ3v) is 5.90. The Morgan fingerprint density at radius 3 is 2.14 bits per heavy atom. The van der Waals surface area contributed by atoms with Gasteiger partial charge in [-0.2, -0.15) is 19.9 Å². The lowest BCUT2D eigenvalue weighted by Gasteiger charge is -2.17. The lowest BCUT2D eigenvalue weighted by Crippen LogP contribution is -2.14. The summed E-state index contributed by atoms with van der Waals surface area (Å²) >= 11 is 0. The number of H-pyrrole nitrogens is 2. The Kier molecular flexibility index (Phi) is 6.68. The molecule has 35 heavy (non-hydrogen) atoms. The number of nitrogen functional groups attached to an aromatic ring is 2. The van der Waals surface area contributed by atoms with Gasteiger partial charge < -0.3 is 30.9 Å². The van der Waals surface area contributed by atoms with Gasteiger partial charge in [0.15, 0.2) is 11.3 Å². The molecule has 0 amide bonds. The Morgan fingerprint density at radius 2 is 1.54 bits per heavy atom. The Labute approximate surface area is 201 Å². The molecule has 6 N–H and O–H groups in total. The Hall–Kier alpha value is -4.22. The first kappa shape index (κ1) is 22.6. The fourth-order valence-electron chi connectivity index (χ4n) is 4.09. The molecule has 0 spiro atoms. The van der Waals surface area contributed by atoms with Crippen molar-refractivity contribution in [1.29, 1.82) is 0 Å². The van der Waals surface area contributed by atoms with Gasteiger partial charge in [-0.3, -0.25) is 0 Å². The predicted molar refractivity (Wildman–Crippen MR) is 132 cm³/mol. The minimum atomic E-state index is 0.181. The van der Waals surface area contributed by atoms with E-state index in [-0.39, 0.29) is 11.9 Å². The lowest BCUT2D eigenvalue weighted by atomic mass is 9.95. The number of imidazole rings is 2. The van der Waals surface area contributed by atoms with E-state index in [2.05, 4.69) is 58.1 Å². The average Bonchev–Trinajstić information content (AvgIpc) is 3.64. The van der Waals surface area contributed by atoms with Crippen molar-refractivity contribution < 1.29 is 9.47 Å². The maximum Gasteiger partial charge on any atom is 0.245 e. The van der Waals surface area contributed by atoms with Gasteiger partial charge in [0.25, 0.3) is 0 Å². The van der Waals surface area contributed by atoms with E-state index in [0.29, 0.717) is 53.2 Å². The van der Waals surface area contributed by atoms with E-state index in [9.17, 15) is 0 Å². The molecule has 0 bridgehead atoms. The molecule has 2 aliphatic carbocycles. The van der Waals surface area contributed by atoms with E-state index >= 15 is 0 Å². The van der Waals surface area contributed by atoms with Gasteiger partial charge in [0.2, 0.25) is 23.7 Å². The summed E-state index contributed by atoms with van der Waals surface area (Å²) in [4.78, 5) is 30.2. The minimum absolute atomic E-state index is 0.181. The molecule has 0 aromatic carbocycles. The minimum Gasteiger partial charge on any atom is -0.476 e. The monoisotopic (exact) mass is 476 g/mol. The zero-order chi connectivity index (χ0) is 24.0. The number of nitrogens with two attached hydrogens (primary N) is 2. The van der Waals surface area contributed by atoms with E-state index in [1.165, 1.54) is 12.0 Å². The molecule has 6 rings (SSSR count). The molecule has 12 nitrogen and oxygen atoms in total. The molecule has 12 heteroatoms. The maximum atomic E-state index is 5.76. The van der Waals surface area contributed by atoms with E-state index in [0.717, 1.165) is 32.1 Å². The molecule has 0 saturated heterocycles. The van der Waals surface area contributed by atoms with Gasteiger partial charge in [0.1, 0.15) is 17.6 Å². The van der Waals surface area contributed by atoms with Crippen molar-refractivity contribution in [1.82, 2.24) is 39.9 Å². The van der Waals surface area contributed by atoms with Crippen LogP contribution in [0.4, 0.5) is 11.9 Å². The number of anilines is 2. The van der Waals surface area contributed by atoms with Crippen LogP contribution in [0.2, 0.25) is 0 Å². The molecule has 0 saturated carbocycles. The van der Waals surface area contributed by atoms with Crippen LogP contribution in [-0.2, 0) is 0 Å². The summed E-state index contributed by atoms with van der Waals surface area (Å²) in [5, 5.41) is 0. The van der Waals surface area contributed by atoms with Gasteiger partial charge in [-0.1, -0.05) is 18.2 Å². The number of fused-ring (bicyclic) bond motifs is 2. The highest BCUT2D eigenvalue weighted by Crippen LogP contribution is 2.24. The molecule has 0 fully saturated rings. The third-order valence-electron chi connectivity index (χ3n) is 5.90. The smallest absolute Gasteiger partial charge is 0.245 e. The zero-order valence-electron chi connectivity index (χ0n) is 19.3. The number of aromatic nitrogens is 8. The summed E-state index contributed by atoms with van der Waals surface area (Å²) in [5.41, 5.74) is 15.0. The molecular weight excluding hydrogens is 448 g/mol. The van der Waals surface area contributed by atoms with Gasteiger partial charge in [-0.25, -0.2) is 9.97 Å². The number of rotatable bonds is 6. The standard InChI is InChI=1S/C12H15N5O.C11H13N5O/c13-12-16-10-9(14-7-15-10)11(17-12)18-6-8-4-2-1-3-5-8;12-11-15-9-8(13-6-14-9)10(16-11)17-5-7-3-1-2-4-7/h1-2,7-8H,3-6H2,(H3,13,14,15,16,17);3,6H,1-2,4-5H2,(H3,12,13,14,15,16). The number of hydrogen-bond donors (Lipinski definition) is 4. The first-order chi connectivity index (χ1) is 17.2. The fourth-order valence-corrected chi connectivity index (χ4v) is 4.09. The fraction of sp³-hybridized carbons (Fsp3) is 0.391.